The van der Waals surface area contributed by atoms with Crippen LogP contribution in [0.3, 0.4) is 0 Å². The zero-order valence-corrected chi connectivity index (χ0v) is 14.2. The van der Waals surface area contributed by atoms with Gasteiger partial charge in [0, 0.05) is 11.1 Å². The maximum absolute atomic E-state index is 12.6. The summed E-state index contributed by atoms with van der Waals surface area (Å²) in [6.45, 7) is 6.85. The number of amides is 1. The molecule has 0 aromatic heterocycles. The van der Waals surface area contributed by atoms with E-state index in [1.165, 1.54) is 19.3 Å². The SMILES string of the molecule is CC1(C)C2CC[C@](C)(C2)C1NC(=O)c1ccc(Cl)cc1Cl. The Hall–Kier alpha value is -0.730. The molecule has 0 heterocycles. The number of carbonyl (C=O) groups is 1. The molecule has 2 bridgehead atoms. The Kier molecular flexibility index (Phi) is 3.53. The van der Waals surface area contributed by atoms with Crippen LogP contribution in [0.2, 0.25) is 10.0 Å². The lowest BCUT2D eigenvalue weighted by molar-refractivity contribution is 0.0737. The first-order valence-corrected chi connectivity index (χ1v) is 8.25. The number of nitrogens with one attached hydrogen (secondary N) is 1. The van der Waals surface area contributed by atoms with Gasteiger partial charge in [0.1, 0.15) is 0 Å². The number of hydrogen-bond donors (Lipinski definition) is 1. The van der Waals surface area contributed by atoms with Gasteiger partial charge in [-0.25, -0.2) is 0 Å². The van der Waals surface area contributed by atoms with Gasteiger partial charge in [0.2, 0.25) is 0 Å². The second kappa shape index (κ2) is 4.89. The highest BCUT2D eigenvalue weighted by Crippen LogP contribution is 2.62. The smallest absolute Gasteiger partial charge is 0.253 e. The molecule has 0 radical (unpaired) electrons. The summed E-state index contributed by atoms with van der Waals surface area (Å²) in [5, 5.41) is 4.20. The summed E-state index contributed by atoms with van der Waals surface area (Å²) >= 11 is 12.0. The Balaban J connectivity index is 1.85. The monoisotopic (exact) mass is 325 g/mol. The molecule has 1 aromatic rings. The zero-order valence-electron chi connectivity index (χ0n) is 12.7. The minimum Gasteiger partial charge on any atom is -0.348 e. The van der Waals surface area contributed by atoms with Crippen LogP contribution in [0.4, 0.5) is 0 Å². The fourth-order valence-electron chi connectivity index (χ4n) is 4.54. The van der Waals surface area contributed by atoms with Gasteiger partial charge in [-0.2, -0.15) is 0 Å². The van der Waals surface area contributed by atoms with Crippen molar-refractivity contribution in [1.29, 1.82) is 0 Å². The van der Waals surface area contributed by atoms with Crippen molar-refractivity contribution in [2.45, 2.75) is 46.1 Å². The quantitative estimate of drug-likeness (QED) is 0.819. The lowest BCUT2D eigenvalue weighted by Crippen LogP contribution is -2.52. The van der Waals surface area contributed by atoms with E-state index in [1.54, 1.807) is 18.2 Å². The number of benzene rings is 1. The Morgan fingerprint density at radius 3 is 2.57 bits per heavy atom. The third-order valence-electron chi connectivity index (χ3n) is 5.72. The van der Waals surface area contributed by atoms with Crippen molar-refractivity contribution in [3.8, 4) is 0 Å². The van der Waals surface area contributed by atoms with Crippen molar-refractivity contribution in [3.63, 3.8) is 0 Å². The maximum Gasteiger partial charge on any atom is 0.253 e. The highest BCUT2D eigenvalue weighted by molar-refractivity contribution is 6.36. The fraction of sp³-hybridized carbons (Fsp3) is 0.588. The van der Waals surface area contributed by atoms with Crippen LogP contribution >= 0.6 is 23.2 Å². The highest BCUT2D eigenvalue weighted by atomic mass is 35.5. The maximum atomic E-state index is 12.6. The van der Waals surface area contributed by atoms with Gasteiger partial charge in [0.15, 0.2) is 0 Å². The van der Waals surface area contributed by atoms with Crippen molar-refractivity contribution in [1.82, 2.24) is 5.32 Å². The number of rotatable bonds is 2. The van der Waals surface area contributed by atoms with Gasteiger partial charge in [0.05, 0.1) is 10.6 Å². The largest absolute Gasteiger partial charge is 0.348 e. The highest BCUT2D eigenvalue weighted by Gasteiger charge is 2.59. The van der Waals surface area contributed by atoms with Gasteiger partial charge < -0.3 is 5.32 Å². The van der Waals surface area contributed by atoms with E-state index in [-0.39, 0.29) is 22.8 Å². The summed E-state index contributed by atoms with van der Waals surface area (Å²) in [6.07, 6.45) is 3.68. The van der Waals surface area contributed by atoms with Gasteiger partial charge in [-0.15, -0.1) is 0 Å². The molecule has 0 spiro atoms. The van der Waals surface area contributed by atoms with Crippen LogP contribution in [0.1, 0.15) is 50.4 Å². The van der Waals surface area contributed by atoms with E-state index in [1.807, 2.05) is 0 Å². The van der Waals surface area contributed by atoms with Crippen molar-refractivity contribution in [3.05, 3.63) is 33.8 Å². The molecular weight excluding hydrogens is 305 g/mol. The van der Waals surface area contributed by atoms with Gasteiger partial charge in [-0.1, -0.05) is 44.0 Å². The molecule has 1 amide bonds. The summed E-state index contributed by atoms with van der Waals surface area (Å²) in [5.74, 6) is 0.608. The third kappa shape index (κ3) is 2.37. The lowest BCUT2D eigenvalue weighted by Gasteiger charge is -2.43. The molecule has 4 heteroatoms. The van der Waals surface area contributed by atoms with Crippen LogP contribution < -0.4 is 5.32 Å². The average Bonchev–Trinajstić information content (AvgIpc) is 2.85. The number of carbonyl (C=O) groups excluding carboxylic acids is 1. The number of halogens is 2. The minimum absolute atomic E-state index is 0.0940. The first kappa shape index (κ1) is 15.2. The third-order valence-corrected chi connectivity index (χ3v) is 6.27. The number of fused-ring (bicyclic) bond motifs is 2. The van der Waals surface area contributed by atoms with Crippen LogP contribution in [-0.4, -0.2) is 11.9 Å². The Bertz CT molecular complexity index is 594. The number of hydrogen-bond acceptors (Lipinski definition) is 1. The predicted octanol–water partition coefficient (Wildman–Crippen LogP) is 4.94. The van der Waals surface area contributed by atoms with E-state index in [0.717, 1.165) is 0 Å². The molecule has 21 heavy (non-hydrogen) atoms. The Morgan fingerprint density at radius 1 is 1.29 bits per heavy atom. The van der Waals surface area contributed by atoms with Crippen molar-refractivity contribution in [2.24, 2.45) is 16.7 Å². The van der Waals surface area contributed by atoms with Crippen molar-refractivity contribution >= 4 is 29.1 Å². The molecule has 0 aliphatic heterocycles. The topological polar surface area (TPSA) is 29.1 Å². The molecule has 2 saturated carbocycles. The summed E-state index contributed by atoms with van der Waals surface area (Å²) in [6, 6.07) is 5.22. The van der Waals surface area contributed by atoms with Crippen LogP contribution in [-0.2, 0) is 0 Å². The van der Waals surface area contributed by atoms with Gasteiger partial charge in [0.25, 0.3) is 5.91 Å². The van der Waals surface area contributed by atoms with E-state index in [9.17, 15) is 4.79 Å². The fourth-order valence-corrected chi connectivity index (χ4v) is 5.04. The molecule has 2 unspecified atom stereocenters. The predicted molar refractivity (Wildman–Crippen MR) is 86.9 cm³/mol. The second-order valence-electron chi connectivity index (χ2n) is 7.45. The summed E-state index contributed by atoms with van der Waals surface area (Å²) in [4.78, 5) is 12.6. The molecule has 2 fully saturated rings. The standard InChI is InChI=1S/C17H21Cl2NO/c1-16(2)10-6-7-17(3,9-10)15(16)20-14(21)12-5-4-11(18)8-13(12)19/h4-5,8,10,15H,6-7,9H2,1-3H3,(H,20,21)/t10?,15?,17-/m1/s1. The summed E-state index contributed by atoms with van der Waals surface area (Å²) in [5.41, 5.74) is 0.854. The van der Waals surface area contributed by atoms with E-state index in [4.69, 9.17) is 23.2 Å². The molecule has 2 nitrogen and oxygen atoms in total. The molecule has 3 atom stereocenters. The van der Waals surface area contributed by atoms with Crippen LogP contribution in [0, 0.1) is 16.7 Å². The molecule has 2 aliphatic carbocycles. The summed E-state index contributed by atoms with van der Waals surface area (Å²) in [7, 11) is 0. The van der Waals surface area contributed by atoms with Gasteiger partial charge >= 0.3 is 0 Å². The lowest BCUT2D eigenvalue weighted by atomic mass is 9.68. The molecule has 114 valence electrons. The molecule has 1 N–H and O–H groups in total. The first-order chi connectivity index (χ1) is 9.74. The molecule has 1 aromatic carbocycles. The first-order valence-electron chi connectivity index (χ1n) is 7.50. The second-order valence-corrected chi connectivity index (χ2v) is 8.29. The van der Waals surface area contributed by atoms with Crippen LogP contribution in [0.25, 0.3) is 0 Å². The Morgan fingerprint density at radius 2 is 2.00 bits per heavy atom. The zero-order chi connectivity index (χ0) is 15.4. The van der Waals surface area contributed by atoms with E-state index >= 15 is 0 Å². The van der Waals surface area contributed by atoms with E-state index in [2.05, 4.69) is 26.1 Å². The van der Waals surface area contributed by atoms with Gasteiger partial charge in [-0.3, -0.25) is 4.79 Å². The average molecular weight is 326 g/mol. The normalized spacial score (nSPS) is 33.2. The van der Waals surface area contributed by atoms with Crippen molar-refractivity contribution < 1.29 is 4.79 Å². The van der Waals surface area contributed by atoms with Gasteiger partial charge in [-0.05, 0) is 54.2 Å². The van der Waals surface area contributed by atoms with E-state index in [0.29, 0.717) is 21.5 Å². The molecule has 3 rings (SSSR count). The molecule has 2 aliphatic rings. The van der Waals surface area contributed by atoms with Crippen LogP contribution in [0.15, 0.2) is 18.2 Å². The van der Waals surface area contributed by atoms with E-state index < -0.39 is 0 Å². The summed E-state index contributed by atoms with van der Waals surface area (Å²) < 4.78 is 0. The molecule has 0 saturated heterocycles. The molecular formula is C17H21Cl2NO. The van der Waals surface area contributed by atoms with Crippen molar-refractivity contribution in [2.75, 3.05) is 0 Å². The Labute approximate surface area is 136 Å². The minimum atomic E-state index is -0.0940. The van der Waals surface area contributed by atoms with Crippen LogP contribution in [0.5, 0.6) is 0 Å².